The molecule has 0 aliphatic rings. The molecule has 0 saturated carbocycles. The van der Waals surface area contributed by atoms with Crippen LogP contribution >= 0.6 is 0 Å². The number of hydrogen-bond acceptors (Lipinski definition) is 2. The van der Waals surface area contributed by atoms with E-state index in [0.717, 1.165) is 39.1 Å². The minimum absolute atomic E-state index is 0.626. The van der Waals surface area contributed by atoms with Crippen LogP contribution in [0.25, 0.3) is 0 Å². The maximum absolute atomic E-state index is 5.40. The Bertz CT molecular complexity index is 138. The Labute approximate surface area is 82.1 Å². The maximum atomic E-state index is 5.40. The van der Waals surface area contributed by atoms with Crippen molar-refractivity contribution < 1.29 is 4.74 Å². The van der Waals surface area contributed by atoms with Crippen molar-refractivity contribution in [3.8, 4) is 12.3 Å². The Morgan fingerprint density at radius 2 is 2.15 bits per heavy atom. The summed E-state index contributed by atoms with van der Waals surface area (Å²) < 4.78 is 5.40. The molecule has 0 atom stereocenters. The summed E-state index contributed by atoms with van der Waals surface area (Å²) in [5, 5.41) is 3.27. The fraction of sp³-hybridized carbons (Fsp3) is 0.818. The van der Waals surface area contributed by atoms with Gasteiger partial charge in [0.25, 0.3) is 0 Å². The lowest BCUT2D eigenvalue weighted by Crippen LogP contribution is -2.21. The van der Waals surface area contributed by atoms with Crippen molar-refractivity contribution in [3.05, 3.63) is 0 Å². The number of hydrogen-bond donors (Lipinski definition) is 1. The second-order valence-electron chi connectivity index (χ2n) is 3.53. The monoisotopic (exact) mass is 183 g/mol. The molecule has 0 saturated heterocycles. The molecular weight excluding hydrogens is 162 g/mol. The molecule has 0 bridgehead atoms. The molecule has 0 aliphatic heterocycles. The molecule has 13 heavy (non-hydrogen) atoms. The van der Waals surface area contributed by atoms with E-state index in [2.05, 4.69) is 25.1 Å². The molecule has 2 nitrogen and oxygen atoms in total. The Hall–Kier alpha value is -0.520. The Kier molecular flexibility index (Phi) is 9.18. The van der Waals surface area contributed by atoms with Crippen molar-refractivity contribution in [2.45, 2.75) is 26.7 Å². The second kappa shape index (κ2) is 9.57. The van der Waals surface area contributed by atoms with E-state index >= 15 is 0 Å². The quantitative estimate of drug-likeness (QED) is 0.456. The van der Waals surface area contributed by atoms with E-state index in [-0.39, 0.29) is 0 Å². The lowest BCUT2D eigenvalue weighted by molar-refractivity contribution is 0.112. The smallest absolute Gasteiger partial charge is 0.0591 e. The summed E-state index contributed by atoms with van der Waals surface area (Å²) >= 11 is 0. The molecule has 0 aromatic rings. The first-order chi connectivity index (χ1) is 6.27. The Balaban J connectivity index is 2.88. The molecular formula is C11H21NO. The molecule has 76 valence electrons. The summed E-state index contributed by atoms with van der Waals surface area (Å²) in [6.07, 6.45) is 7.04. The summed E-state index contributed by atoms with van der Waals surface area (Å²) in [7, 11) is 0. The molecule has 2 heteroatoms. The van der Waals surface area contributed by atoms with Crippen LogP contribution in [0.4, 0.5) is 0 Å². The number of rotatable bonds is 8. The Morgan fingerprint density at radius 3 is 2.77 bits per heavy atom. The zero-order valence-electron chi connectivity index (χ0n) is 8.81. The molecule has 0 spiro atoms. The third kappa shape index (κ3) is 11.5. The Morgan fingerprint density at radius 1 is 1.38 bits per heavy atom. The number of nitrogens with one attached hydrogen (secondary N) is 1. The summed E-state index contributed by atoms with van der Waals surface area (Å²) in [6.45, 7) is 7.88. The molecule has 0 aromatic heterocycles. The van der Waals surface area contributed by atoms with Crippen LogP contribution in [-0.4, -0.2) is 26.3 Å². The lowest BCUT2D eigenvalue weighted by Gasteiger charge is -2.07. The van der Waals surface area contributed by atoms with E-state index in [0.29, 0.717) is 5.92 Å². The minimum Gasteiger partial charge on any atom is -0.380 e. The molecule has 0 aliphatic carbocycles. The van der Waals surface area contributed by atoms with Crippen molar-refractivity contribution >= 4 is 0 Å². The van der Waals surface area contributed by atoms with Gasteiger partial charge >= 0.3 is 0 Å². The highest BCUT2D eigenvalue weighted by molar-refractivity contribution is 4.83. The molecule has 0 unspecified atom stereocenters. The average molecular weight is 183 g/mol. The summed E-state index contributed by atoms with van der Waals surface area (Å²) in [5.41, 5.74) is 0. The van der Waals surface area contributed by atoms with Gasteiger partial charge in [0, 0.05) is 19.6 Å². The van der Waals surface area contributed by atoms with Gasteiger partial charge in [-0.25, -0.2) is 0 Å². The number of terminal acetylenes is 1. The number of unbranched alkanes of at least 4 members (excludes halogenated alkanes) is 1. The van der Waals surface area contributed by atoms with Crippen LogP contribution in [0.3, 0.4) is 0 Å². The van der Waals surface area contributed by atoms with E-state index in [1.54, 1.807) is 0 Å². The van der Waals surface area contributed by atoms with Gasteiger partial charge in [0.1, 0.15) is 0 Å². The van der Waals surface area contributed by atoms with Gasteiger partial charge in [-0.15, -0.1) is 12.3 Å². The zero-order chi connectivity index (χ0) is 9.94. The van der Waals surface area contributed by atoms with Gasteiger partial charge in [-0.1, -0.05) is 13.8 Å². The van der Waals surface area contributed by atoms with Crippen molar-refractivity contribution in [1.82, 2.24) is 5.32 Å². The highest BCUT2D eigenvalue weighted by atomic mass is 16.5. The highest BCUT2D eigenvalue weighted by Crippen LogP contribution is 1.91. The van der Waals surface area contributed by atoms with Gasteiger partial charge in [-0.3, -0.25) is 0 Å². The molecule has 0 radical (unpaired) electrons. The van der Waals surface area contributed by atoms with Crippen LogP contribution in [0.1, 0.15) is 26.7 Å². The van der Waals surface area contributed by atoms with Crippen molar-refractivity contribution in [1.29, 1.82) is 0 Å². The molecule has 0 rings (SSSR count). The van der Waals surface area contributed by atoms with Gasteiger partial charge < -0.3 is 10.1 Å². The van der Waals surface area contributed by atoms with Crippen LogP contribution in [0, 0.1) is 18.3 Å². The van der Waals surface area contributed by atoms with Gasteiger partial charge in [0.05, 0.1) is 6.61 Å². The fourth-order valence-electron chi connectivity index (χ4n) is 0.904. The molecule has 1 N–H and O–H groups in total. The molecule has 0 heterocycles. The van der Waals surface area contributed by atoms with E-state index < -0.39 is 0 Å². The van der Waals surface area contributed by atoms with E-state index in [9.17, 15) is 0 Å². The van der Waals surface area contributed by atoms with E-state index in [1.165, 1.54) is 0 Å². The van der Waals surface area contributed by atoms with Crippen molar-refractivity contribution in [2.75, 3.05) is 26.3 Å². The SMILES string of the molecule is C#CCCCNCCOCC(C)C. The second-order valence-corrected chi connectivity index (χ2v) is 3.53. The fourth-order valence-corrected chi connectivity index (χ4v) is 0.904. The van der Waals surface area contributed by atoms with Crippen molar-refractivity contribution in [2.24, 2.45) is 5.92 Å². The largest absolute Gasteiger partial charge is 0.380 e. The molecule has 0 aromatic carbocycles. The van der Waals surface area contributed by atoms with Crippen LogP contribution in [0.5, 0.6) is 0 Å². The van der Waals surface area contributed by atoms with Crippen LogP contribution < -0.4 is 5.32 Å². The average Bonchev–Trinajstić information content (AvgIpc) is 2.09. The standard InChI is InChI=1S/C11H21NO/c1-4-5-6-7-12-8-9-13-10-11(2)3/h1,11-12H,5-10H2,2-3H3. The minimum atomic E-state index is 0.626. The summed E-state index contributed by atoms with van der Waals surface area (Å²) in [4.78, 5) is 0. The highest BCUT2D eigenvalue weighted by Gasteiger charge is 1.92. The normalized spacial score (nSPS) is 10.3. The third-order valence-electron chi connectivity index (χ3n) is 1.55. The first-order valence-corrected chi connectivity index (χ1v) is 4.99. The predicted molar refractivity (Wildman–Crippen MR) is 56.6 cm³/mol. The first kappa shape index (κ1) is 12.5. The zero-order valence-corrected chi connectivity index (χ0v) is 8.81. The number of ether oxygens (including phenoxy) is 1. The van der Waals surface area contributed by atoms with Gasteiger partial charge in [-0.2, -0.15) is 0 Å². The van der Waals surface area contributed by atoms with Crippen LogP contribution in [-0.2, 0) is 4.74 Å². The van der Waals surface area contributed by atoms with E-state index in [4.69, 9.17) is 11.2 Å². The van der Waals surface area contributed by atoms with Gasteiger partial charge in [0.2, 0.25) is 0 Å². The maximum Gasteiger partial charge on any atom is 0.0591 e. The van der Waals surface area contributed by atoms with Gasteiger partial charge in [-0.05, 0) is 18.9 Å². The van der Waals surface area contributed by atoms with Gasteiger partial charge in [0.15, 0.2) is 0 Å². The molecule has 0 fully saturated rings. The van der Waals surface area contributed by atoms with Crippen LogP contribution in [0.2, 0.25) is 0 Å². The summed E-state index contributed by atoms with van der Waals surface area (Å²) in [5.74, 6) is 3.24. The van der Waals surface area contributed by atoms with Crippen molar-refractivity contribution in [3.63, 3.8) is 0 Å². The lowest BCUT2D eigenvalue weighted by atomic mass is 10.2. The first-order valence-electron chi connectivity index (χ1n) is 4.99. The molecule has 0 amide bonds. The summed E-state index contributed by atoms with van der Waals surface area (Å²) in [6, 6.07) is 0. The van der Waals surface area contributed by atoms with Crippen LogP contribution in [0.15, 0.2) is 0 Å². The van der Waals surface area contributed by atoms with E-state index in [1.807, 2.05) is 0 Å². The topological polar surface area (TPSA) is 21.3 Å². The third-order valence-corrected chi connectivity index (χ3v) is 1.55. The predicted octanol–water partition coefficient (Wildman–Crippen LogP) is 1.66.